The van der Waals surface area contributed by atoms with Gasteiger partial charge in [0.15, 0.2) is 0 Å². The first kappa shape index (κ1) is 9.23. The summed E-state index contributed by atoms with van der Waals surface area (Å²) in [5.74, 6) is 0.605. The van der Waals surface area contributed by atoms with Crippen LogP contribution in [0.25, 0.3) is 0 Å². The maximum Gasteiger partial charge on any atom is 0.226 e. The predicted octanol–water partition coefficient (Wildman–Crippen LogP) is 1.09. The van der Waals surface area contributed by atoms with Crippen LogP contribution in [0.15, 0.2) is 0 Å². The van der Waals surface area contributed by atoms with Crippen LogP contribution < -0.4 is 5.32 Å². The van der Waals surface area contributed by atoms with E-state index in [1.807, 2.05) is 0 Å². The van der Waals surface area contributed by atoms with Crippen molar-refractivity contribution in [2.75, 3.05) is 0 Å². The molecule has 0 bridgehead atoms. The van der Waals surface area contributed by atoms with Crippen molar-refractivity contribution < 1.29 is 9.59 Å². The second kappa shape index (κ2) is 3.70. The first-order chi connectivity index (χ1) is 5.58. The highest BCUT2D eigenvalue weighted by Gasteiger charge is 2.24. The number of carbonyl (C=O) groups excluding carboxylic acids is 2. The van der Waals surface area contributed by atoms with Crippen LogP contribution in [0.1, 0.15) is 33.1 Å². The molecule has 1 N–H and O–H groups in total. The highest BCUT2D eigenvalue weighted by Crippen LogP contribution is 2.21. The molecule has 3 nitrogen and oxygen atoms in total. The summed E-state index contributed by atoms with van der Waals surface area (Å²) in [7, 11) is 0. The number of nitrogens with one attached hydrogen (secondary N) is 1. The van der Waals surface area contributed by atoms with Gasteiger partial charge in [-0.1, -0.05) is 13.8 Å². The molecule has 0 saturated carbocycles. The molecule has 2 amide bonds. The van der Waals surface area contributed by atoms with E-state index >= 15 is 0 Å². The quantitative estimate of drug-likeness (QED) is 0.629. The number of hydrogen-bond donors (Lipinski definition) is 1. The van der Waals surface area contributed by atoms with Gasteiger partial charge in [-0.15, -0.1) is 0 Å². The molecule has 0 atom stereocenters. The van der Waals surface area contributed by atoms with E-state index in [4.69, 9.17) is 0 Å². The van der Waals surface area contributed by atoms with Gasteiger partial charge in [0.05, 0.1) is 0 Å². The highest BCUT2D eigenvalue weighted by molar-refractivity contribution is 5.97. The fourth-order valence-electron chi connectivity index (χ4n) is 1.69. The fraction of sp³-hybridized carbons (Fsp3) is 0.778. The zero-order valence-corrected chi connectivity index (χ0v) is 7.59. The Morgan fingerprint density at radius 2 is 1.83 bits per heavy atom. The molecule has 68 valence electrons. The lowest BCUT2D eigenvalue weighted by Crippen LogP contribution is -2.38. The van der Waals surface area contributed by atoms with Crippen molar-refractivity contribution in [3.8, 4) is 0 Å². The lowest BCUT2D eigenvalue weighted by molar-refractivity contribution is -0.135. The van der Waals surface area contributed by atoms with Crippen LogP contribution in [0.4, 0.5) is 0 Å². The Hall–Kier alpha value is -0.860. The Balaban J connectivity index is 2.44. The van der Waals surface area contributed by atoms with E-state index in [2.05, 4.69) is 19.2 Å². The van der Waals surface area contributed by atoms with Gasteiger partial charge in [-0.25, -0.2) is 0 Å². The predicted molar refractivity (Wildman–Crippen MR) is 45.3 cm³/mol. The molecule has 1 aliphatic heterocycles. The van der Waals surface area contributed by atoms with Crippen LogP contribution in [-0.4, -0.2) is 11.8 Å². The molecule has 0 aromatic carbocycles. The lowest BCUT2D eigenvalue weighted by atomic mass is 9.89. The maximum atomic E-state index is 10.9. The Morgan fingerprint density at radius 3 is 2.25 bits per heavy atom. The van der Waals surface area contributed by atoms with Crippen molar-refractivity contribution in [2.45, 2.75) is 33.1 Å². The maximum absolute atomic E-state index is 10.9. The van der Waals surface area contributed by atoms with E-state index in [1.54, 1.807) is 0 Å². The summed E-state index contributed by atoms with van der Waals surface area (Å²) in [6.07, 6.45) is 2.01. The van der Waals surface area contributed by atoms with Gasteiger partial charge in [-0.2, -0.15) is 0 Å². The van der Waals surface area contributed by atoms with Crippen LogP contribution in [0.3, 0.4) is 0 Å². The van der Waals surface area contributed by atoms with Crippen LogP contribution >= 0.6 is 0 Å². The van der Waals surface area contributed by atoms with Crippen molar-refractivity contribution >= 4 is 11.8 Å². The van der Waals surface area contributed by atoms with Crippen molar-refractivity contribution in [1.29, 1.82) is 0 Å². The topological polar surface area (TPSA) is 46.2 Å². The zero-order valence-electron chi connectivity index (χ0n) is 7.59. The van der Waals surface area contributed by atoms with E-state index in [0.717, 1.165) is 6.42 Å². The molecule has 1 saturated heterocycles. The molecule has 12 heavy (non-hydrogen) atoms. The van der Waals surface area contributed by atoms with Gasteiger partial charge < -0.3 is 0 Å². The molecular formula is C9H15NO2. The first-order valence-corrected chi connectivity index (χ1v) is 4.40. The molecule has 1 rings (SSSR count). The fourth-order valence-corrected chi connectivity index (χ4v) is 1.69. The minimum absolute atomic E-state index is 0.114. The third-order valence-electron chi connectivity index (χ3n) is 2.03. The molecule has 0 aromatic heterocycles. The van der Waals surface area contributed by atoms with Crippen LogP contribution in [0.2, 0.25) is 0 Å². The average molecular weight is 169 g/mol. The molecule has 1 heterocycles. The first-order valence-electron chi connectivity index (χ1n) is 4.40. The summed E-state index contributed by atoms with van der Waals surface area (Å²) in [5, 5.41) is 2.30. The summed E-state index contributed by atoms with van der Waals surface area (Å²) in [5.41, 5.74) is 0. The van der Waals surface area contributed by atoms with Gasteiger partial charge in [0.25, 0.3) is 0 Å². The second-order valence-corrected chi connectivity index (χ2v) is 3.88. The number of carbonyl (C=O) groups is 2. The van der Waals surface area contributed by atoms with Crippen LogP contribution in [0, 0.1) is 11.8 Å². The summed E-state index contributed by atoms with van der Waals surface area (Å²) in [4.78, 5) is 21.9. The van der Waals surface area contributed by atoms with Crippen LogP contribution in [0.5, 0.6) is 0 Å². The summed E-state index contributed by atoms with van der Waals surface area (Å²) >= 11 is 0. The Kier molecular flexibility index (Phi) is 2.84. The van der Waals surface area contributed by atoms with Crippen LogP contribution in [-0.2, 0) is 9.59 Å². The SMILES string of the molecule is CC(C)CC1CC(=O)NC(=O)C1. The molecule has 0 aromatic rings. The van der Waals surface area contributed by atoms with E-state index in [1.165, 1.54) is 0 Å². The number of piperidine rings is 1. The smallest absolute Gasteiger partial charge is 0.226 e. The molecule has 0 aliphatic carbocycles. The van der Waals surface area contributed by atoms with Crippen molar-refractivity contribution in [3.63, 3.8) is 0 Å². The minimum atomic E-state index is -0.114. The van der Waals surface area contributed by atoms with E-state index in [-0.39, 0.29) is 17.7 Å². The summed E-state index contributed by atoms with van der Waals surface area (Å²) in [6.45, 7) is 4.22. The summed E-state index contributed by atoms with van der Waals surface area (Å²) in [6, 6.07) is 0. The van der Waals surface area contributed by atoms with Crippen molar-refractivity contribution in [2.24, 2.45) is 11.8 Å². The third kappa shape index (κ3) is 2.64. The largest absolute Gasteiger partial charge is 0.296 e. The highest BCUT2D eigenvalue weighted by atomic mass is 16.2. The van der Waals surface area contributed by atoms with Gasteiger partial charge in [-0.05, 0) is 18.3 Å². The molecule has 3 heteroatoms. The van der Waals surface area contributed by atoms with Crippen molar-refractivity contribution in [1.82, 2.24) is 5.32 Å². The molecule has 0 radical (unpaired) electrons. The van der Waals surface area contributed by atoms with Gasteiger partial charge in [0, 0.05) is 12.8 Å². The summed E-state index contributed by atoms with van der Waals surface area (Å²) < 4.78 is 0. The third-order valence-corrected chi connectivity index (χ3v) is 2.03. The average Bonchev–Trinajstić information content (AvgIpc) is 1.81. The second-order valence-electron chi connectivity index (χ2n) is 3.88. The zero-order chi connectivity index (χ0) is 9.14. The van der Waals surface area contributed by atoms with E-state index in [9.17, 15) is 9.59 Å². The van der Waals surface area contributed by atoms with E-state index in [0.29, 0.717) is 18.8 Å². The van der Waals surface area contributed by atoms with Gasteiger partial charge in [0.2, 0.25) is 11.8 Å². The van der Waals surface area contributed by atoms with Crippen molar-refractivity contribution in [3.05, 3.63) is 0 Å². The minimum Gasteiger partial charge on any atom is -0.296 e. The number of hydrogen-bond acceptors (Lipinski definition) is 2. The number of amides is 2. The molecule has 1 aliphatic rings. The Bertz CT molecular complexity index is 183. The number of rotatable bonds is 2. The van der Waals surface area contributed by atoms with Gasteiger partial charge >= 0.3 is 0 Å². The standard InChI is InChI=1S/C9H15NO2/c1-6(2)3-7-4-8(11)10-9(12)5-7/h6-7H,3-5H2,1-2H3,(H,10,11,12). The molecule has 0 unspecified atom stereocenters. The molecule has 1 fully saturated rings. The molecular weight excluding hydrogens is 154 g/mol. The van der Waals surface area contributed by atoms with Gasteiger partial charge in [0.1, 0.15) is 0 Å². The number of imide groups is 1. The van der Waals surface area contributed by atoms with Gasteiger partial charge in [-0.3, -0.25) is 14.9 Å². The monoisotopic (exact) mass is 169 g/mol. The Labute approximate surface area is 72.5 Å². The molecule has 0 spiro atoms. The Morgan fingerprint density at radius 1 is 1.33 bits per heavy atom. The lowest BCUT2D eigenvalue weighted by Gasteiger charge is -2.21. The normalized spacial score (nSPS) is 19.9. The van der Waals surface area contributed by atoms with E-state index < -0.39 is 0 Å².